The van der Waals surface area contributed by atoms with E-state index in [1.807, 2.05) is 25.1 Å². The molecule has 6 heteroatoms. The lowest BCUT2D eigenvalue weighted by atomic mass is 10.1. The van der Waals surface area contributed by atoms with Crippen molar-refractivity contribution in [2.24, 2.45) is 0 Å². The summed E-state index contributed by atoms with van der Waals surface area (Å²) in [6, 6.07) is 10.6. The zero-order valence-corrected chi connectivity index (χ0v) is 13.6. The zero-order valence-electron chi connectivity index (χ0n) is 13.6. The number of anilines is 1. The average molecular weight is 329 g/mol. The van der Waals surface area contributed by atoms with E-state index in [0.29, 0.717) is 54.1 Å². The Hall–Kier alpha value is -2.89. The van der Waals surface area contributed by atoms with Crippen LogP contribution in [0.25, 0.3) is 0 Å². The van der Waals surface area contributed by atoms with Crippen LogP contribution in [0.1, 0.15) is 17.3 Å². The second kappa shape index (κ2) is 7.12. The molecule has 1 heterocycles. The van der Waals surface area contributed by atoms with Gasteiger partial charge in [-0.05, 0) is 31.2 Å². The molecule has 0 saturated carbocycles. The van der Waals surface area contributed by atoms with Gasteiger partial charge in [0.25, 0.3) is 5.91 Å². The number of hydrogen-bond acceptors (Lipinski definition) is 5. The second-order valence-electron chi connectivity index (χ2n) is 5.09. The lowest BCUT2D eigenvalue weighted by Gasteiger charge is -2.21. The highest BCUT2D eigenvalue weighted by molar-refractivity contribution is 6.05. The number of fused-ring (bicyclic) bond motifs is 1. The monoisotopic (exact) mass is 329 g/mol. The van der Waals surface area contributed by atoms with Crippen molar-refractivity contribution in [1.82, 2.24) is 0 Å². The van der Waals surface area contributed by atoms with E-state index in [9.17, 15) is 4.79 Å². The summed E-state index contributed by atoms with van der Waals surface area (Å²) in [5.41, 5.74) is 1.03. The van der Waals surface area contributed by atoms with E-state index in [2.05, 4.69) is 5.32 Å². The first-order valence-corrected chi connectivity index (χ1v) is 7.73. The van der Waals surface area contributed by atoms with Gasteiger partial charge < -0.3 is 24.3 Å². The first-order valence-electron chi connectivity index (χ1n) is 7.73. The number of ether oxygens (including phenoxy) is 4. The van der Waals surface area contributed by atoms with Gasteiger partial charge in [0.2, 0.25) is 5.75 Å². The van der Waals surface area contributed by atoms with Crippen molar-refractivity contribution >= 4 is 11.6 Å². The summed E-state index contributed by atoms with van der Waals surface area (Å²) in [5, 5.41) is 2.85. The molecule has 1 aliphatic heterocycles. The standard InChI is InChI=1S/C18H19NO5/c1-3-22-14-7-5-4-6-13(14)19-18(20)12-10-15(21-2)17-16(11-12)23-8-9-24-17/h4-7,10-11H,3,8-9H2,1-2H3,(H,19,20). The molecule has 0 unspecified atom stereocenters. The maximum absolute atomic E-state index is 12.6. The number of rotatable bonds is 5. The van der Waals surface area contributed by atoms with E-state index >= 15 is 0 Å². The number of nitrogens with one attached hydrogen (secondary N) is 1. The van der Waals surface area contributed by atoms with Crippen molar-refractivity contribution in [3.8, 4) is 23.0 Å². The number of amides is 1. The first-order chi connectivity index (χ1) is 11.7. The van der Waals surface area contributed by atoms with Gasteiger partial charge in [0.15, 0.2) is 11.5 Å². The summed E-state index contributed by atoms with van der Waals surface area (Å²) in [4.78, 5) is 12.6. The van der Waals surface area contributed by atoms with Gasteiger partial charge >= 0.3 is 0 Å². The molecule has 2 aromatic carbocycles. The van der Waals surface area contributed by atoms with Gasteiger partial charge in [-0.2, -0.15) is 0 Å². The van der Waals surface area contributed by atoms with Crippen molar-refractivity contribution in [1.29, 1.82) is 0 Å². The lowest BCUT2D eigenvalue weighted by molar-refractivity contribution is 0.102. The molecule has 0 radical (unpaired) electrons. The molecule has 3 rings (SSSR count). The minimum atomic E-state index is -0.280. The quantitative estimate of drug-likeness (QED) is 0.913. The molecule has 0 spiro atoms. The molecule has 24 heavy (non-hydrogen) atoms. The van der Waals surface area contributed by atoms with Crippen LogP contribution < -0.4 is 24.3 Å². The van der Waals surface area contributed by atoms with Gasteiger partial charge in [-0.25, -0.2) is 0 Å². The second-order valence-corrected chi connectivity index (χ2v) is 5.09. The summed E-state index contributed by atoms with van der Waals surface area (Å²) < 4.78 is 21.9. The van der Waals surface area contributed by atoms with E-state index in [4.69, 9.17) is 18.9 Å². The highest BCUT2D eigenvalue weighted by atomic mass is 16.6. The molecule has 0 atom stereocenters. The molecule has 0 fully saturated rings. The number of para-hydroxylation sites is 2. The Labute approximate surface area is 140 Å². The summed E-state index contributed by atoms with van der Waals surface area (Å²) >= 11 is 0. The predicted octanol–water partition coefficient (Wildman–Crippen LogP) is 3.12. The summed E-state index contributed by atoms with van der Waals surface area (Å²) in [5.74, 6) is 1.84. The molecule has 0 bridgehead atoms. The van der Waals surface area contributed by atoms with Crippen molar-refractivity contribution in [2.45, 2.75) is 6.92 Å². The fourth-order valence-electron chi connectivity index (χ4n) is 2.45. The molecule has 2 aromatic rings. The number of methoxy groups -OCH3 is 1. The Morgan fingerprint density at radius 3 is 2.75 bits per heavy atom. The maximum atomic E-state index is 12.6. The minimum Gasteiger partial charge on any atom is -0.493 e. The van der Waals surface area contributed by atoms with Crippen LogP contribution in [-0.4, -0.2) is 32.8 Å². The molecule has 1 N–H and O–H groups in total. The van der Waals surface area contributed by atoms with Gasteiger partial charge in [0.05, 0.1) is 19.4 Å². The third kappa shape index (κ3) is 3.22. The van der Waals surface area contributed by atoms with E-state index in [-0.39, 0.29) is 5.91 Å². The zero-order chi connectivity index (χ0) is 16.9. The SMILES string of the molecule is CCOc1ccccc1NC(=O)c1cc(OC)c2c(c1)OCCO2. The number of benzene rings is 2. The number of hydrogen-bond donors (Lipinski definition) is 1. The fourth-order valence-corrected chi connectivity index (χ4v) is 2.45. The molecule has 1 amide bonds. The van der Waals surface area contributed by atoms with Gasteiger partial charge in [-0.3, -0.25) is 4.79 Å². The van der Waals surface area contributed by atoms with Crippen molar-refractivity contribution in [2.75, 3.05) is 32.2 Å². The molecule has 0 aliphatic carbocycles. The third-order valence-corrected chi connectivity index (χ3v) is 3.53. The van der Waals surface area contributed by atoms with Crippen molar-refractivity contribution in [3.63, 3.8) is 0 Å². The summed E-state index contributed by atoms with van der Waals surface area (Å²) in [6.45, 7) is 3.31. The van der Waals surface area contributed by atoms with Gasteiger partial charge in [-0.15, -0.1) is 0 Å². The van der Waals surface area contributed by atoms with E-state index in [1.54, 1.807) is 18.2 Å². The van der Waals surface area contributed by atoms with Crippen LogP contribution in [-0.2, 0) is 0 Å². The molecule has 126 valence electrons. The third-order valence-electron chi connectivity index (χ3n) is 3.53. The highest BCUT2D eigenvalue weighted by Gasteiger charge is 2.21. The van der Waals surface area contributed by atoms with Crippen LogP contribution >= 0.6 is 0 Å². The van der Waals surface area contributed by atoms with E-state index in [1.165, 1.54) is 7.11 Å². The van der Waals surface area contributed by atoms with Crippen LogP contribution in [0.2, 0.25) is 0 Å². The van der Waals surface area contributed by atoms with Gasteiger partial charge in [-0.1, -0.05) is 12.1 Å². The lowest BCUT2D eigenvalue weighted by Crippen LogP contribution is -2.18. The molecular formula is C18H19NO5. The molecule has 0 saturated heterocycles. The Bertz CT molecular complexity index is 727. The fraction of sp³-hybridized carbons (Fsp3) is 0.278. The smallest absolute Gasteiger partial charge is 0.256 e. The maximum Gasteiger partial charge on any atom is 0.256 e. The van der Waals surface area contributed by atoms with E-state index < -0.39 is 0 Å². The van der Waals surface area contributed by atoms with Crippen molar-refractivity contribution < 1.29 is 23.7 Å². The Morgan fingerprint density at radius 1 is 1.17 bits per heavy atom. The van der Waals surface area contributed by atoms with Crippen LogP contribution in [0.15, 0.2) is 36.4 Å². The first kappa shape index (κ1) is 16.0. The highest BCUT2D eigenvalue weighted by Crippen LogP contribution is 2.40. The molecule has 1 aliphatic rings. The Balaban J connectivity index is 1.88. The summed E-state index contributed by atoms with van der Waals surface area (Å²) in [6.07, 6.45) is 0. The Morgan fingerprint density at radius 2 is 1.96 bits per heavy atom. The largest absolute Gasteiger partial charge is 0.493 e. The van der Waals surface area contributed by atoms with Crippen LogP contribution in [0, 0.1) is 0 Å². The minimum absolute atomic E-state index is 0.280. The number of carbonyl (C=O) groups is 1. The normalized spacial score (nSPS) is 12.4. The van der Waals surface area contributed by atoms with E-state index in [0.717, 1.165) is 0 Å². The summed E-state index contributed by atoms with van der Waals surface area (Å²) in [7, 11) is 1.53. The average Bonchev–Trinajstić information content (AvgIpc) is 2.62. The molecule has 0 aromatic heterocycles. The predicted molar refractivity (Wildman–Crippen MR) is 89.5 cm³/mol. The molecule has 6 nitrogen and oxygen atoms in total. The van der Waals surface area contributed by atoms with Crippen LogP contribution in [0.4, 0.5) is 5.69 Å². The molecular weight excluding hydrogens is 310 g/mol. The van der Waals surface area contributed by atoms with Crippen molar-refractivity contribution in [3.05, 3.63) is 42.0 Å². The Kier molecular flexibility index (Phi) is 4.74. The van der Waals surface area contributed by atoms with Gasteiger partial charge in [0, 0.05) is 5.56 Å². The van der Waals surface area contributed by atoms with Crippen LogP contribution in [0.5, 0.6) is 23.0 Å². The van der Waals surface area contributed by atoms with Gasteiger partial charge in [0.1, 0.15) is 19.0 Å². The number of carbonyl (C=O) groups excluding carboxylic acids is 1. The topological polar surface area (TPSA) is 66.0 Å². The van der Waals surface area contributed by atoms with Crippen LogP contribution in [0.3, 0.4) is 0 Å².